The molecule has 0 radical (unpaired) electrons. The van der Waals surface area contributed by atoms with Gasteiger partial charge in [-0.15, -0.1) is 0 Å². The van der Waals surface area contributed by atoms with E-state index in [2.05, 4.69) is 36.4 Å². The lowest BCUT2D eigenvalue weighted by molar-refractivity contribution is -0.121. The Morgan fingerprint density at radius 1 is 1.22 bits per heavy atom. The number of hydrazone groups is 1. The Kier molecular flexibility index (Phi) is 4.83. The van der Waals surface area contributed by atoms with E-state index < -0.39 is 0 Å². The molecular formula is C17H15BrN4O. The van der Waals surface area contributed by atoms with Crippen molar-refractivity contribution in [2.75, 3.05) is 0 Å². The molecule has 6 heteroatoms. The third-order valence-corrected chi connectivity index (χ3v) is 3.83. The van der Waals surface area contributed by atoms with Crippen molar-refractivity contribution in [3.8, 4) is 0 Å². The van der Waals surface area contributed by atoms with Gasteiger partial charge in [0, 0.05) is 17.3 Å². The highest BCUT2D eigenvalue weighted by atomic mass is 79.9. The summed E-state index contributed by atoms with van der Waals surface area (Å²) in [6.07, 6.45) is 2.50. The quantitative estimate of drug-likeness (QED) is 0.533. The molecule has 0 atom stereocenters. The monoisotopic (exact) mass is 370 g/mol. The number of carbonyl (C=O) groups excluding carboxylic acids is 1. The number of nitrogens with one attached hydrogen (secondary N) is 2. The molecule has 3 rings (SSSR count). The average molecular weight is 371 g/mol. The summed E-state index contributed by atoms with van der Waals surface area (Å²) < 4.78 is 1.00. The normalized spacial score (nSPS) is 11.2. The molecule has 1 aromatic heterocycles. The molecular weight excluding hydrogens is 356 g/mol. The first-order valence-corrected chi connectivity index (χ1v) is 8.01. The van der Waals surface area contributed by atoms with Crippen LogP contribution >= 0.6 is 15.9 Å². The van der Waals surface area contributed by atoms with Crippen molar-refractivity contribution >= 4 is 39.1 Å². The van der Waals surface area contributed by atoms with Crippen LogP contribution in [0.2, 0.25) is 0 Å². The number of H-pyrrole nitrogens is 1. The Morgan fingerprint density at radius 2 is 2.00 bits per heavy atom. The molecule has 0 spiro atoms. The van der Waals surface area contributed by atoms with E-state index >= 15 is 0 Å². The topological polar surface area (TPSA) is 70.1 Å². The van der Waals surface area contributed by atoms with Gasteiger partial charge in [0.15, 0.2) is 0 Å². The van der Waals surface area contributed by atoms with Gasteiger partial charge in [0.25, 0.3) is 0 Å². The zero-order valence-corrected chi connectivity index (χ0v) is 13.9. The fraction of sp³-hybridized carbons (Fsp3) is 0.118. The molecule has 0 saturated heterocycles. The van der Waals surface area contributed by atoms with Gasteiger partial charge < -0.3 is 4.98 Å². The lowest BCUT2D eigenvalue weighted by atomic mass is 10.2. The predicted molar refractivity (Wildman–Crippen MR) is 94.3 cm³/mol. The van der Waals surface area contributed by atoms with Gasteiger partial charge in [0.05, 0.1) is 17.2 Å². The first-order valence-electron chi connectivity index (χ1n) is 7.22. The van der Waals surface area contributed by atoms with Crippen molar-refractivity contribution in [1.29, 1.82) is 0 Å². The van der Waals surface area contributed by atoms with Gasteiger partial charge in [0.1, 0.15) is 5.82 Å². The zero-order chi connectivity index (χ0) is 16.1. The number of para-hydroxylation sites is 2. The molecule has 1 heterocycles. The molecule has 116 valence electrons. The molecule has 2 aromatic carbocycles. The summed E-state index contributed by atoms with van der Waals surface area (Å²) in [5, 5.41) is 3.96. The Morgan fingerprint density at radius 3 is 2.78 bits per heavy atom. The van der Waals surface area contributed by atoms with Gasteiger partial charge in [-0.25, -0.2) is 10.4 Å². The van der Waals surface area contributed by atoms with E-state index in [0.717, 1.165) is 26.9 Å². The Labute approximate surface area is 142 Å². The lowest BCUT2D eigenvalue weighted by Crippen LogP contribution is -2.18. The van der Waals surface area contributed by atoms with E-state index in [9.17, 15) is 4.79 Å². The highest BCUT2D eigenvalue weighted by Crippen LogP contribution is 2.11. The summed E-state index contributed by atoms with van der Waals surface area (Å²) in [5.41, 5.74) is 5.34. The minimum atomic E-state index is -0.140. The summed E-state index contributed by atoms with van der Waals surface area (Å²) >= 11 is 3.37. The Hall–Kier alpha value is -2.47. The number of aromatic amines is 1. The second-order valence-corrected chi connectivity index (χ2v) is 5.96. The number of halogens is 1. The van der Waals surface area contributed by atoms with E-state index in [4.69, 9.17) is 0 Å². The maximum Gasteiger partial charge on any atom is 0.240 e. The van der Waals surface area contributed by atoms with E-state index in [1.54, 1.807) is 6.21 Å². The molecule has 0 saturated carbocycles. The zero-order valence-electron chi connectivity index (χ0n) is 12.3. The van der Waals surface area contributed by atoms with Crippen LogP contribution in [0.25, 0.3) is 11.0 Å². The highest BCUT2D eigenvalue weighted by molar-refractivity contribution is 9.10. The standard InChI is InChI=1S/C17H15BrN4O/c18-13-7-5-12(6-8-13)11-19-22-17(23)10-9-16-20-14-3-1-2-4-15(14)21-16/h1-8,11H,9-10H2,(H,20,21)(H,22,23)/b19-11-. The van der Waals surface area contributed by atoms with Crippen molar-refractivity contribution in [3.63, 3.8) is 0 Å². The van der Waals surface area contributed by atoms with E-state index in [0.29, 0.717) is 12.8 Å². The van der Waals surface area contributed by atoms with Gasteiger partial charge in [0.2, 0.25) is 5.91 Å². The van der Waals surface area contributed by atoms with Crippen LogP contribution < -0.4 is 5.43 Å². The van der Waals surface area contributed by atoms with Crippen LogP contribution in [-0.4, -0.2) is 22.1 Å². The van der Waals surface area contributed by atoms with Crippen molar-refractivity contribution in [3.05, 3.63) is 64.4 Å². The molecule has 0 fully saturated rings. The number of hydrogen-bond acceptors (Lipinski definition) is 3. The second-order valence-electron chi connectivity index (χ2n) is 5.05. The van der Waals surface area contributed by atoms with Crippen molar-refractivity contribution in [2.45, 2.75) is 12.8 Å². The minimum Gasteiger partial charge on any atom is -0.342 e. The summed E-state index contributed by atoms with van der Waals surface area (Å²) in [4.78, 5) is 19.4. The smallest absolute Gasteiger partial charge is 0.240 e. The fourth-order valence-electron chi connectivity index (χ4n) is 2.14. The van der Waals surface area contributed by atoms with Crippen molar-refractivity contribution in [2.24, 2.45) is 5.10 Å². The number of aromatic nitrogens is 2. The number of nitrogens with zero attached hydrogens (tertiary/aromatic N) is 2. The van der Waals surface area contributed by atoms with Crippen molar-refractivity contribution < 1.29 is 4.79 Å². The van der Waals surface area contributed by atoms with Crippen LogP contribution in [0.15, 0.2) is 58.1 Å². The Balaban J connectivity index is 1.50. The van der Waals surface area contributed by atoms with E-state index in [1.165, 1.54) is 0 Å². The summed E-state index contributed by atoms with van der Waals surface area (Å²) in [6.45, 7) is 0. The molecule has 0 unspecified atom stereocenters. The number of amides is 1. The average Bonchev–Trinajstić information content (AvgIpc) is 2.98. The van der Waals surface area contributed by atoms with E-state index in [1.807, 2.05) is 48.5 Å². The number of aryl methyl sites for hydroxylation is 1. The first-order chi connectivity index (χ1) is 11.2. The number of rotatable bonds is 5. The van der Waals surface area contributed by atoms with Gasteiger partial charge >= 0.3 is 0 Å². The highest BCUT2D eigenvalue weighted by Gasteiger charge is 2.05. The van der Waals surface area contributed by atoms with Gasteiger partial charge in [-0.05, 0) is 29.8 Å². The molecule has 2 N–H and O–H groups in total. The van der Waals surface area contributed by atoms with Crippen LogP contribution in [-0.2, 0) is 11.2 Å². The predicted octanol–water partition coefficient (Wildman–Crippen LogP) is 3.41. The summed E-state index contributed by atoms with van der Waals surface area (Å²) in [5.74, 6) is 0.664. The summed E-state index contributed by atoms with van der Waals surface area (Å²) in [7, 11) is 0. The number of benzene rings is 2. The van der Waals surface area contributed by atoms with Crippen molar-refractivity contribution in [1.82, 2.24) is 15.4 Å². The summed E-state index contributed by atoms with van der Waals surface area (Å²) in [6, 6.07) is 15.5. The minimum absolute atomic E-state index is 0.140. The maximum absolute atomic E-state index is 11.8. The number of fused-ring (bicyclic) bond motifs is 1. The van der Waals surface area contributed by atoms with Gasteiger partial charge in [-0.3, -0.25) is 4.79 Å². The van der Waals surface area contributed by atoms with Crippen LogP contribution in [0.4, 0.5) is 0 Å². The number of hydrogen-bond donors (Lipinski definition) is 2. The number of imidazole rings is 1. The molecule has 0 aliphatic heterocycles. The Bertz CT molecular complexity index is 806. The first kappa shape index (κ1) is 15.4. The maximum atomic E-state index is 11.8. The molecule has 23 heavy (non-hydrogen) atoms. The molecule has 0 aliphatic carbocycles. The fourth-order valence-corrected chi connectivity index (χ4v) is 2.40. The van der Waals surface area contributed by atoms with Crippen LogP contribution in [0.5, 0.6) is 0 Å². The van der Waals surface area contributed by atoms with E-state index in [-0.39, 0.29) is 5.91 Å². The molecule has 0 bridgehead atoms. The van der Waals surface area contributed by atoms with Gasteiger partial charge in [-0.1, -0.05) is 40.2 Å². The SMILES string of the molecule is O=C(CCc1nc2ccccc2[nH]1)N/N=C\c1ccc(Br)cc1. The molecule has 5 nitrogen and oxygen atoms in total. The third-order valence-electron chi connectivity index (χ3n) is 3.30. The molecule has 1 amide bonds. The van der Waals surface area contributed by atoms with Crippen LogP contribution in [0.3, 0.4) is 0 Å². The molecule has 0 aliphatic rings. The largest absolute Gasteiger partial charge is 0.342 e. The second kappa shape index (κ2) is 7.19. The van der Waals surface area contributed by atoms with Crippen LogP contribution in [0.1, 0.15) is 17.8 Å². The number of carbonyl (C=O) groups is 1. The van der Waals surface area contributed by atoms with Gasteiger partial charge in [-0.2, -0.15) is 5.10 Å². The molecule has 3 aromatic rings. The third kappa shape index (κ3) is 4.26. The lowest BCUT2D eigenvalue weighted by Gasteiger charge is -1.98. The van der Waals surface area contributed by atoms with Crippen LogP contribution in [0, 0.1) is 0 Å².